The Morgan fingerprint density at radius 1 is 1.19 bits per heavy atom. The maximum atomic E-state index is 13.0. The Morgan fingerprint density at radius 2 is 1.94 bits per heavy atom. The van der Waals surface area contributed by atoms with E-state index in [1.807, 2.05) is 6.26 Å². The second-order valence-electron chi connectivity index (χ2n) is 7.56. The molecule has 3 rings (SSSR count). The zero-order valence-corrected chi connectivity index (χ0v) is 19.6. The molecular weight excluding hydrogens is 448 g/mol. The molecule has 2 amide bonds. The molecule has 0 spiro atoms. The van der Waals surface area contributed by atoms with Crippen molar-refractivity contribution in [2.75, 3.05) is 30.4 Å². The highest BCUT2D eigenvalue weighted by Gasteiger charge is 2.34. The topological polar surface area (TPSA) is 108 Å². The molecule has 0 radical (unpaired) electrons. The van der Waals surface area contributed by atoms with Crippen molar-refractivity contribution in [3.05, 3.63) is 54.7 Å². The lowest BCUT2D eigenvalue weighted by atomic mass is 9.98. The first-order valence-corrected chi connectivity index (χ1v) is 13.3. The third-order valence-corrected chi connectivity index (χ3v) is 7.82. The van der Waals surface area contributed by atoms with Crippen LogP contribution < -0.4 is 10.6 Å². The van der Waals surface area contributed by atoms with Gasteiger partial charge in [0, 0.05) is 19.3 Å². The zero-order valence-electron chi connectivity index (χ0n) is 17.9. The molecule has 8 nitrogen and oxygen atoms in total. The summed E-state index contributed by atoms with van der Waals surface area (Å²) in [6, 6.07) is 12.7. The van der Waals surface area contributed by atoms with Gasteiger partial charge in [0.15, 0.2) is 0 Å². The number of pyridine rings is 1. The molecule has 172 valence electrons. The molecule has 0 aliphatic carbocycles. The SMILES string of the molecule is CSCC[C@H](NC(=O)[C@@H]1CCCN(S(=O)(=O)c2ccccc2)C1)C(=O)Nc1ccccn1. The molecule has 2 heterocycles. The van der Waals surface area contributed by atoms with E-state index in [9.17, 15) is 18.0 Å². The fourth-order valence-corrected chi connectivity index (χ4v) is 5.58. The number of carbonyl (C=O) groups is 2. The summed E-state index contributed by atoms with van der Waals surface area (Å²) in [4.78, 5) is 30.1. The van der Waals surface area contributed by atoms with Crippen LogP contribution in [0.3, 0.4) is 0 Å². The smallest absolute Gasteiger partial charge is 0.248 e. The van der Waals surface area contributed by atoms with Gasteiger partial charge < -0.3 is 10.6 Å². The van der Waals surface area contributed by atoms with Gasteiger partial charge in [0.2, 0.25) is 21.8 Å². The maximum Gasteiger partial charge on any atom is 0.248 e. The third kappa shape index (κ3) is 6.30. The van der Waals surface area contributed by atoms with Crippen LogP contribution in [-0.4, -0.2) is 60.7 Å². The number of amides is 2. The number of thioether (sulfide) groups is 1. The molecule has 32 heavy (non-hydrogen) atoms. The normalized spacial score (nSPS) is 18.0. The number of aromatic nitrogens is 1. The molecule has 2 aromatic rings. The van der Waals surface area contributed by atoms with Crippen molar-refractivity contribution in [1.29, 1.82) is 0 Å². The minimum atomic E-state index is -3.67. The van der Waals surface area contributed by atoms with Crippen LogP contribution in [0.1, 0.15) is 19.3 Å². The van der Waals surface area contributed by atoms with E-state index in [1.54, 1.807) is 66.5 Å². The number of rotatable bonds is 9. The Morgan fingerprint density at radius 3 is 2.62 bits per heavy atom. The van der Waals surface area contributed by atoms with E-state index < -0.39 is 22.0 Å². The molecule has 10 heteroatoms. The molecule has 1 saturated heterocycles. The summed E-state index contributed by atoms with van der Waals surface area (Å²) in [5.74, 6) is -0.0454. The summed E-state index contributed by atoms with van der Waals surface area (Å²) < 4.78 is 27.3. The van der Waals surface area contributed by atoms with E-state index in [1.165, 1.54) is 4.31 Å². The van der Waals surface area contributed by atoms with E-state index >= 15 is 0 Å². The van der Waals surface area contributed by atoms with Gasteiger partial charge in [-0.25, -0.2) is 13.4 Å². The van der Waals surface area contributed by atoms with E-state index in [0.717, 1.165) is 0 Å². The molecule has 0 saturated carbocycles. The number of piperidine rings is 1. The minimum absolute atomic E-state index is 0.0974. The number of sulfonamides is 1. The zero-order chi connectivity index (χ0) is 23.0. The van der Waals surface area contributed by atoms with Crippen molar-refractivity contribution in [2.24, 2.45) is 5.92 Å². The first kappa shape index (κ1) is 24.2. The van der Waals surface area contributed by atoms with E-state index in [0.29, 0.717) is 37.4 Å². The second-order valence-corrected chi connectivity index (χ2v) is 10.5. The van der Waals surface area contributed by atoms with Crippen LogP contribution in [0.2, 0.25) is 0 Å². The van der Waals surface area contributed by atoms with Crippen molar-refractivity contribution in [2.45, 2.75) is 30.2 Å². The lowest BCUT2D eigenvalue weighted by Gasteiger charge is -2.32. The molecule has 1 aliphatic heterocycles. The molecule has 1 fully saturated rings. The van der Waals surface area contributed by atoms with Gasteiger partial charge >= 0.3 is 0 Å². The minimum Gasteiger partial charge on any atom is -0.344 e. The average Bonchev–Trinajstić information content (AvgIpc) is 2.82. The number of hydrogen-bond donors (Lipinski definition) is 2. The van der Waals surface area contributed by atoms with Crippen LogP contribution in [0, 0.1) is 5.92 Å². The van der Waals surface area contributed by atoms with Gasteiger partial charge in [0.1, 0.15) is 11.9 Å². The van der Waals surface area contributed by atoms with Crippen LogP contribution in [0.5, 0.6) is 0 Å². The Kier molecular flexibility index (Phi) is 8.66. The highest BCUT2D eigenvalue weighted by atomic mass is 32.2. The Labute approximate surface area is 193 Å². The molecule has 2 atom stereocenters. The van der Waals surface area contributed by atoms with Crippen LogP contribution in [0.15, 0.2) is 59.6 Å². The fourth-order valence-electron chi connectivity index (χ4n) is 3.56. The van der Waals surface area contributed by atoms with Gasteiger partial charge in [0.25, 0.3) is 0 Å². The predicted molar refractivity (Wildman–Crippen MR) is 126 cm³/mol. The summed E-state index contributed by atoms with van der Waals surface area (Å²) in [5, 5.41) is 5.57. The number of hydrogen-bond acceptors (Lipinski definition) is 6. The molecule has 1 aromatic carbocycles. The van der Waals surface area contributed by atoms with Crippen LogP contribution in [0.4, 0.5) is 5.82 Å². The first-order chi connectivity index (χ1) is 15.4. The van der Waals surface area contributed by atoms with E-state index in [-0.39, 0.29) is 23.3 Å². The second kappa shape index (κ2) is 11.4. The number of nitrogens with zero attached hydrogens (tertiary/aromatic N) is 2. The molecule has 1 aliphatic rings. The van der Waals surface area contributed by atoms with E-state index in [2.05, 4.69) is 15.6 Å². The number of benzene rings is 1. The summed E-state index contributed by atoms with van der Waals surface area (Å²) in [6.07, 6.45) is 5.13. The molecule has 0 unspecified atom stereocenters. The molecule has 1 aromatic heterocycles. The van der Waals surface area contributed by atoms with Gasteiger partial charge in [-0.05, 0) is 55.5 Å². The molecular formula is C22H28N4O4S2. The highest BCUT2D eigenvalue weighted by Crippen LogP contribution is 2.24. The summed E-state index contributed by atoms with van der Waals surface area (Å²) >= 11 is 1.58. The van der Waals surface area contributed by atoms with Gasteiger partial charge in [-0.2, -0.15) is 16.1 Å². The standard InChI is InChI=1S/C22H28N4O4S2/c1-31-15-12-19(22(28)25-20-11-5-6-13-23-20)24-21(27)17-8-7-14-26(16-17)32(29,30)18-9-3-2-4-10-18/h2-6,9-11,13,17,19H,7-8,12,14-16H2,1H3,(H,24,27)(H,23,25,28)/t17-,19+/m1/s1. The number of anilines is 1. The highest BCUT2D eigenvalue weighted by molar-refractivity contribution is 7.98. The van der Waals surface area contributed by atoms with Crippen LogP contribution in [0.25, 0.3) is 0 Å². The monoisotopic (exact) mass is 476 g/mol. The van der Waals surface area contributed by atoms with Crippen molar-refractivity contribution >= 4 is 39.4 Å². The Hall–Kier alpha value is -2.43. The largest absolute Gasteiger partial charge is 0.344 e. The lowest BCUT2D eigenvalue weighted by molar-refractivity contribution is -0.130. The van der Waals surface area contributed by atoms with Crippen LogP contribution in [-0.2, 0) is 19.6 Å². The molecule has 0 bridgehead atoms. The number of carbonyl (C=O) groups excluding carboxylic acids is 2. The maximum absolute atomic E-state index is 13.0. The lowest BCUT2D eigenvalue weighted by Crippen LogP contribution is -2.50. The van der Waals surface area contributed by atoms with Crippen molar-refractivity contribution in [1.82, 2.24) is 14.6 Å². The Balaban J connectivity index is 1.66. The Bertz CT molecular complexity index is 1000. The average molecular weight is 477 g/mol. The van der Waals surface area contributed by atoms with Gasteiger partial charge in [-0.3, -0.25) is 9.59 Å². The van der Waals surface area contributed by atoms with Gasteiger partial charge in [-0.15, -0.1) is 0 Å². The van der Waals surface area contributed by atoms with E-state index in [4.69, 9.17) is 0 Å². The summed E-state index contributed by atoms with van der Waals surface area (Å²) in [6.45, 7) is 0.469. The van der Waals surface area contributed by atoms with Gasteiger partial charge in [0.05, 0.1) is 10.8 Å². The van der Waals surface area contributed by atoms with Crippen LogP contribution >= 0.6 is 11.8 Å². The summed E-state index contributed by atoms with van der Waals surface area (Å²) in [7, 11) is -3.67. The molecule has 2 N–H and O–H groups in total. The quantitative estimate of drug-likeness (QED) is 0.575. The predicted octanol–water partition coefficient (Wildman–Crippen LogP) is 2.36. The van der Waals surface area contributed by atoms with Crippen molar-refractivity contribution in [3.63, 3.8) is 0 Å². The van der Waals surface area contributed by atoms with Gasteiger partial charge in [-0.1, -0.05) is 24.3 Å². The van der Waals surface area contributed by atoms with Crippen molar-refractivity contribution < 1.29 is 18.0 Å². The number of nitrogens with one attached hydrogen (secondary N) is 2. The third-order valence-electron chi connectivity index (χ3n) is 5.30. The fraction of sp³-hybridized carbons (Fsp3) is 0.409. The first-order valence-electron chi connectivity index (χ1n) is 10.5. The summed E-state index contributed by atoms with van der Waals surface area (Å²) in [5.41, 5.74) is 0. The van der Waals surface area contributed by atoms with Crippen molar-refractivity contribution in [3.8, 4) is 0 Å².